The average molecular weight is 225 g/mol. The van der Waals surface area contributed by atoms with E-state index in [1.54, 1.807) is 0 Å². The van der Waals surface area contributed by atoms with Crippen LogP contribution in [0.4, 0.5) is 0 Å². The molecule has 0 fully saturated rings. The molecule has 0 radical (unpaired) electrons. The smallest absolute Gasteiger partial charge is 0.00772 e. The van der Waals surface area contributed by atoms with Gasteiger partial charge in [0.05, 0.1) is 0 Å². The molecule has 88 valence electrons. The van der Waals surface area contributed by atoms with Crippen molar-refractivity contribution in [2.45, 2.75) is 19.3 Å². The summed E-state index contributed by atoms with van der Waals surface area (Å²) >= 11 is 0. The van der Waals surface area contributed by atoms with E-state index in [1.165, 1.54) is 23.1 Å². The second-order valence-corrected chi connectivity index (χ2v) is 4.31. The highest BCUT2D eigenvalue weighted by Crippen LogP contribution is 2.20. The Bertz CT molecular complexity index is 448. The minimum atomic E-state index is 0.790. The minimum absolute atomic E-state index is 0.790. The molecule has 0 amide bonds. The molecule has 1 heteroatoms. The zero-order chi connectivity index (χ0) is 11.9. The van der Waals surface area contributed by atoms with Crippen LogP contribution in [0.1, 0.15) is 18.4 Å². The maximum Gasteiger partial charge on any atom is -0.00772 e. The SMILES string of the molecule is NCCCCc1cccc(-c2ccccc2)c1. The predicted octanol–water partition coefficient (Wildman–Crippen LogP) is 3.64. The van der Waals surface area contributed by atoms with Crippen LogP contribution in [0.5, 0.6) is 0 Å². The van der Waals surface area contributed by atoms with Crippen molar-refractivity contribution in [2.24, 2.45) is 5.73 Å². The van der Waals surface area contributed by atoms with Crippen molar-refractivity contribution in [2.75, 3.05) is 6.54 Å². The fourth-order valence-electron chi connectivity index (χ4n) is 2.01. The van der Waals surface area contributed by atoms with Crippen molar-refractivity contribution >= 4 is 0 Å². The lowest BCUT2D eigenvalue weighted by Gasteiger charge is -2.05. The first-order chi connectivity index (χ1) is 8.40. The highest BCUT2D eigenvalue weighted by atomic mass is 14.5. The molecule has 0 aliphatic rings. The van der Waals surface area contributed by atoms with Gasteiger partial charge in [-0.1, -0.05) is 54.6 Å². The number of nitrogens with two attached hydrogens (primary N) is 1. The van der Waals surface area contributed by atoms with Gasteiger partial charge in [0.25, 0.3) is 0 Å². The standard InChI is InChI=1S/C16H19N/c17-12-5-4-7-14-8-6-11-16(13-14)15-9-2-1-3-10-15/h1-3,6,8-11,13H,4-5,7,12,17H2. The third-order valence-corrected chi connectivity index (χ3v) is 2.95. The van der Waals surface area contributed by atoms with Gasteiger partial charge in [0.2, 0.25) is 0 Å². The van der Waals surface area contributed by atoms with Gasteiger partial charge in [-0.3, -0.25) is 0 Å². The van der Waals surface area contributed by atoms with Crippen molar-refractivity contribution in [1.82, 2.24) is 0 Å². The summed E-state index contributed by atoms with van der Waals surface area (Å²) in [7, 11) is 0. The van der Waals surface area contributed by atoms with Crippen molar-refractivity contribution in [1.29, 1.82) is 0 Å². The van der Waals surface area contributed by atoms with E-state index in [2.05, 4.69) is 54.6 Å². The number of hydrogen-bond donors (Lipinski definition) is 1. The van der Waals surface area contributed by atoms with Crippen LogP contribution in [0.25, 0.3) is 11.1 Å². The Labute approximate surface area is 103 Å². The van der Waals surface area contributed by atoms with Gasteiger partial charge in [-0.15, -0.1) is 0 Å². The number of unbranched alkanes of at least 4 members (excludes halogenated alkanes) is 1. The van der Waals surface area contributed by atoms with Crippen LogP contribution in [0, 0.1) is 0 Å². The van der Waals surface area contributed by atoms with Gasteiger partial charge in [-0.25, -0.2) is 0 Å². The molecular formula is C16H19N. The lowest BCUT2D eigenvalue weighted by Crippen LogP contribution is -1.98. The zero-order valence-electron chi connectivity index (χ0n) is 10.1. The maximum absolute atomic E-state index is 5.51. The Morgan fingerprint density at radius 1 is 0.765 bits per heavy atom. The fourth-order valence-corrected chi connectivity index (χ4v) is 2.01. The summed E-state index contributed by atoms with van der Waals surface area (Å²) in [5, 5.41) is 0. The van der Waals surface area contributed by atoms with Crippen LogP contribution in [-0.4, -0.2) is 6.54 Å². The molecule has 17 heavy (non-hydrogen) atoms. The molecule has 0 saturated heterocycles. The Balaban J connectivity index is 2.12. The van der Waals surface area contributed by atoms with E-state index in [9.17, 15) is 0 Å². The Morgan fingerprint density at radius 2 is 1.53 bits per heavy atom. The van der Waals surface area contributed by atoms with Crippen LogP contribution in [0.3, 0.4) is 0 Å². The van der Waals surface area contributed by atoms with Gasteiger partial charge in [-0.05, 0) is 42.5 Å². The zero-order valence-corrected chi connectivity index (χ0v) is 10.1. The van der Waals surface area contributed by atoms with E-state index in [-0.39, 0.29) is 0 Å². The maximum atomic E-state index is 5.51. The average Bonchev–Trinajstić information content (AvgIpc) is 2.41. The number of hydrogen-bond acceptors (Lipinski definition) is 1. The van der Waals surface area contributed by atoms with Gasteiger partial charge >= 0.3 is 0 Å². The van der Waals surface area contributed by atoms with Crippen LogP contribution in [0.2, 0.25) is 0 Å². The van der Waals surface area contributed by atoms with Crippen molar-refractivity contribution in [3.63, 3.8) is 0 Å². The molecule has 0 bridgehead atoms. The summed E-state index contributed by atoms with van der Waals surface area (Å²) in [5.41, 5.74) is 9.50. The monoisotopic (exact) mass is 225 g/mol. The highest BCUT2D eigenvalue weighted by Gasteiger charge is 1.98. The second kappa shape index (κ2) is 6.21. The molecule has 0 atom stereocenters. The van der Waals surface area contributed by atoms with E-state index in [1.807, 2.05) is 0 Å². The lowest BCUT2D eigenvalue weighted by atomic mass is 10.0. The Kier molecular flexibility index (Phi) is 4.34. The first-order valence-corrected chi connectivity index (χ1v) is 6.24. The fraction of sp³-hybridized carbons (Fsp3) is 0.250. The predicted molar refractivity (Wildman–Crippen MR) is 73.9 cm³/mol. The van der Waals surface area contributed by atoms with Gasteiger partial charge in [0.15, 0.2) is 0 Å². The molecule has 0 aromatic heterocycles. The molecule has 0 heterocycles. The number of benzene rings is 2. The molecule has 0 aliphatic carbocycles. The summed E-state index contributed by atoms with van der Waals surface area (Å²) in [6, 6.07) is 19.3. The van der Waals surface area contributed by atoms with Crippen LogP contribution >= 0.6 is 0 Å². The topological polar surface area (TPSA) is 26.0 Å². The van der Waals surface area contributed by atoms with Gasteiger partial charge in [0, 0.05) is 0 Å². The molecular weight excluding hydrogens is 206 g/mol. The van der Waals surface area contributed by atoms with Gasteiger partial charge in [0.1, 0.15) is 0 Å². The molecule has 1 nitrogen and oxygen atoms in total. The first kappa shape index (κ1) is 11.9. The molecule has 0 unspecified atom stereocenters. The first-order valence-electron chi connectivity index (χ1n) is 6.24. The van der Waals surface area contributed by atoms with Crippen LogP contribution in [-0.2, 0) is 6.42 Å². The summed E-state index contributed by atoms with van der Waals surface area (Å²) in [6.45, 7) is 0.790. The van der Waals surface area contributed by atoms with Gasteiger partial charge < -0.3 is 5.73 Å². The Hall–Kier alpha value is -1.60. The summed E-state index contributed by atoms with van der Waals surface area (Å²) in [5.74, 6) is 0. The van der Waals surface area contributed by atoms with Crippen LogP contribution < -0.4 is 5.73 Å². The summed E-state index contributed by atoms with van der Waals surface area (Å²) in [4.78, 5) is 0. The van der Waals surface area contributed by atoms with Crippen molar-refractivity contribution in [3.8, 4) is 11.1 Å². The molecule has 2 aromatic carbocycles. The van der Waals surface area contributed by atoms with Crippen molar-refractivity contribution < 1.29 is 0 Å². The number of rotatable bonds is 5. The lowest BCUT2D eigenvalue weighted by molar-refractivity contribution is 0.745. The van der Waals surface area contributed by atoms with Gasteiger partial charge in [-0.2, -0.15) is 0 Å². The van der Waals surface area contributed by atoms with E-state index in [4.69, 9.17) is 5.73 Å². The molecule has 2 rings (SSSR count). The molecule has 2 N–H and O–H groups in total. The quantitative estimate of drug-likeness (QED) is 0.772. The third kappa shape index (κ3) is 3.43. The second-order valence-electron chi connectivity index (χ2n) is 4.31. The van der Waals surface area contributed by atoms with Crippen molar-refractivity contribution in [3.05, 3.63) is 60.2 Å². The molecule has 0 spiro atoms. The Morgan fingerprint density at radius 3 is 2.29 bits per heavy atom. The largest absolute Gasteiger partial charge is 0.330 e. The summed E-state index contributed by atoms with van der Waals surface area (Å²) in [6.07, 6.45) is 3.40. The molecule has 0 aliphatic heterocycles. The number of aryl methyl sites for hydroxylation is 1. The van der Waals surface area contributed by atoms with E-state index in [0.29, 0.717) is 0 Å². The van der Waals surface area contributed by atoms with E-state index < -0.39 is 0 Å². The third-order valence-electron chi connectivity index (χ3n) is 2.95. The van der Waals surface area contributed by atoms with E-state index in [0.717, 1.165) is 19.4 Å². The minimum Gasteiger partial charge on any atom is -0.330 e. The summed E-state index contributed by atoms with van der Waals surface area (Å²) < 4.78 is 0. The normalized spacial score (nSPS) is 10.4. The highest BCUT2D eigenvalue weighted by molar-refractivity contribution is 5.63. The van der Waals surface area contributed by atoms with Crippen LogP contribution in [0.15, 0.2) is 54.6 Å². The molecule has 0 saturated carbocycles. The molecule has 2 aromatic rings. The van der Waals surface area contributed by atoms with E-state index >= 15 is 0 Å².